The lowest BCUT2D eigenvalue weighted by Crippen LogP contribution is -2.57. The molecule has 3 amide bonds. The van der Waals surface area contributed by atoms with Crippen LogP contribution >= 0.6 is 0 Å². The highest BCUT2D eigenvalue weighted by Gasteiger charge is 2.30. The maximum atomic E-state index is 13.2. The number of nitrogens with two attached hydrogens (primary N) is 5. The van der Waals surface area contributed by atoms with Crippen LogP contribution < -0.4 is 44.6 Å². The molecule has 4 atom stereocenters. The molecule has 0 fully saturated rings. The summed E-state index contributed by atoms with van der Waals surface area (Å²) in [6.45, 7) is 4.91. The molecule has 0 aromatic carbocycles. The third-order valence-corrected chi connectivity index (χ3v) is 5.78. The van der Waals surface area contributed by atoms with Gasteiger partial charge in [0.1, 0.15) is 18.1 Å². The zero-order chi connectivity index (χ0) is 29.1. The van der Waals surface area contributed by atoms with Crippen molar-refractivity contribution in [2.45, 2.75) is 95.8 Å². The van der Waals surface area contributed by atoms with E-state index in [1.807, 2.05) is 13.8 Å². The topological polar surface area (TPSA) is 267 Å². The van der Waals surface area contributed by atoms with Gasteiger partial charge in [0, 0.05) is 6.54 Å². The highest BCUT2D eigenvalue weighted by atomic mass is 16.4. The quantitative estimate of drug-likeness (QED) is 0.0445. The Hall–Kier alpha value is -2.97. The second-order valence-corrected chi connectivity index (χ2v) is 9.78. The second-order valence-electron chi connectivity index (χ2n) is 9.78. The SMILES string of the molecule is CC(C)CC(N)C(=O)NC(CCCN=C(N)N)C(=O)NC(CCCCN)C(=O)NC(CCCCN)C(=O)O. The van der Waals surface area contributed by atoms with Crippen molar-refractivity contribution in [3.05, 3.63) is 0 Å². The molecule has 0 radical (unpaired) electrons. The number of hydrogen-bond acceptors (Lipinski definition) is 8. The number of aliphatic imine (C=N–C) groups is 1. The van der Waals surface area contributed by atoms with Crippen LogP contribution in [0.1, 0.15) is 71.6 Å². The van der Waals surface area contributed by atoms with Crippen LogP contribution in [0.15, 0.2) is 4.99 Å². The molecule has 0 spiro atoms. The number of amides is 3. The molecule has 0 saturated carbocycles. The Bertz CT molecular complexity index is 760. The number of guanidine groups is 1. The third kappa shape index (κ3) is 16.0. The van der Waals surface area contributed by atoms with E-state index in [0.717, 1.165) is 0 Å². The lowest BCUT2D eigenvalue weighted by molar-refractivity contribution is -0.142. The van der Waals surface area contributed by atoms with Crippen LogP contribution in [0.2, 0.25) is 0 Å². The molecule has 38 heavy (non-hydrogen) atoms. The average molecular weight is 544 g/mol. The molecule has 14 heteroatoms. The average Bonchev–Trinajstić information content (AvgIpc) is 2.83. The number of rotatable bonds is 21. The van der Waals surface area contributed by atoms with Gasteiger partial charge >= 0.3 is 5.97 Å². The molecular formula is C24H49N9O5. The minimum atomic E-state index is -1.17. The second kappa shape index (κ2) is 20.1. The van der Waals surface area contributed by atoms with E-state index in [0.29, 0.717) is 51.6 Å². The first-order valence-electron chi connectivity index (χ1n) is 13.3. The maximum absolute atomic E-state index is 13.2. The van der Waals surface area contributed by atoms with Gasteiger partial charge in [-0.2, -0.15) is 0 Å². The number of carboxylic acids is 1. The van der Waals surface area contributed by atoms with E-state index in [1.54, 1.807) is 0 Å². The summed E-state index contributed by atoms with van der Waals surface area (Å²) in [5.41, 5.74) is 27.7. The van der Waals surface area contributed by atoms with Gasteiger partial charge in [-0.1, -0.05) is 13.8 Å². The molecule has 4 unspecified atom stereocenters. The third-order valence-electron chi connectivity index (χ3n) is 5.78. The molecule has 14 nitrogen and oxygen atoms in total. The van der Waals surface area contributed by atoms with E-state index in [9.17, 15) is 24.3 Å². The molecule has 220 valence electrons. The van der Waals surface area contributed by atoms with Crippen LogP contribution in [0.4, 0.5) is 0 Å². The monoisotopic (exact) mass is 543 g/mol. The summed E-state index contributed by atoms with van der Waals surface area (Å²) in [4.78, 5) is 54.5. The number of unbranched alkanes of at least 4 members (excludes halogenated alkanes) is 2. The first-order chi connectivity index (χ1) is 17.9. The lowest BCUT2D eigenvalue weighted by Gasteiger charge is -2.25. The molecule has 0 aliphatic rings. The van der Waals surface area contributed by atoms with Crippen molar-refractivity contribution in [2.75, 3.05) is 19.6 Å². The van der Waals surface area contributed by atoms with Gasteiger partial charge in [-0.25, -0.2) is 4.79 Å². The molecule has 14 N–H and O–H groups in total. The van der Waals surface area contributed by atoms with Crippen molar-refractivity contribution < 1.29 is 24.3 Å². The molecule has 0 heterocycles. The van der Waals surface area contributed by atoms with Crippen LogP contribution in [0.25, 0.3) is 0 Å². The highest BCUT2D eigenvalue weighted by molar-refractivity contribution is 5.94. The molecule has 0 aliphatic carbocycles. The Morgan fingerprint density at radius 1 is 0.737 bits per heavy atom. The summed E-state index contributed by atoms with van der Waals surface area (Å²) in [7, 11) is 0. The van der Waals surface area contributed by atoms with Crippen LogP contribution in [0.3, 0.4) is 0 Å². The number of aliphatic carboxylic acids is 1. The van der Waals surface area contributed by atoms with E-state index in [2.05, 4.69) is 20.9 Å². The molecule has 0 aromatic heterocycles. The van der Waals surface area contributed by atoms with Gasteiger partial charge in [0.15, 0.2) is 5.96 Å². The van der Waals surface area contributed by atoms with Crippen molar-refractivity contribution in [1.82, 2.24) is 16.0 Å². The van der Waals surface area contributed by atoms with Crippen molar-refractivity contribution >= 4 is 29.7 Å². The van der Waals surface area contributed by atoms with Crippen LogP contribution in [0, 0.1) is 5.92 Å². The summed E-state index contributed by atoms with van der Waals surface area (Å²) >= 11 is 0. The smallest absolute Gasteiger partial charge is 0.326 e. The molecule has 0 saturated heterocycles. The van der Waals surface area contributed by atoms with Gasteiger partial charge in [0.2, 0.25) is 17.7 Å². The van der Waals surface area contributed by atoms with Gasteiger partial charge in [0.05, 0.1) is 6.04 Å². The Morgan fingerprint density at radius 2 is 1.18 bits per heavy atom. The minimum Gasteiger partial charge on any atom is -0.480 e. The number of carboxylic acid groups (broad SMARTS) is 1. The molecular weight excluding hydrogens is 494 g/mol. The molecule has 0 bridgehead atoms. The van der Waals surface area contributed by atoms with Crippen molar-refractivity contribution in [2.24, 2.45) is 39.6 Å². The molecule has 0 rings (SSSR count). The normalized spacial score (nSPS) is 14.2. The maximum Gasteiger partial charge on any atom is 0.326 e. The van der Waals surface area contributed by atoms with E-state index >= 15 is 0 Å². The first kappa shape index (κ1) is 35.0. The number of nitrogens with one attached hydrogen (secondary N) is 3. The number of nitrogens with zero attached hydrogens (tertiary/aromatic N) is 1. The van der Waals surface area contributed by atoms with E-state index in [4.69, 9.17) is 28.7 Å². The highest BCUT2D eigenvalue weighted by Crippen LogP contribution is 2.08. The largest absolute Gasteiger partial charge is 0.480 e. The van der Waals surface area contributed by atoms with Crippen LogP contribution in [-0.2, 0) is 19.2 Å². The summed E-state index contributed by atoms with van der Waals surface area (Å²) in [6, 6.07) is -3.95. The number of carbonyl (C=O) groups is 4. The summed E-state index contributed by atoms with van der Waals surface area (Å²) in [5.74, 6) is -2.81. The number of carbonyl (C=O) groups excluding carboxylic acids is 3. The van der Waals surface area contributed by atoms with Crippen molar-refractivity contribution in [1.29, 1.82) is 0 Å². The Labute approximate surface area is 225 Å². The van der Waals surface area contributed by atoms with Crippen molar-refractivity contribution in [3.63, 3.8) is 0 Å². The summed E-state index contributed by atoms with van der Waals surface area (Å²) < 4.78 is 0. The lowest BCUT2D eigenvalue weighted by atomic mass is 10.0. The summed E-state index contributed by atoms with van der Waals surface area (Å²) in [5, 5.41) is 17.4. The molecule has 0 aliphatic heterocycles. The van der Waals surface area contributed by atoms with E-state index < -0.39 is 47.9 Å². The fourth-order valence-electron chi connectivity index (χ4n) is 3.72. The van der Waals surface area contributed by atoms with Gasteiger partial charge in [-0.3, -0.25) is 19.4 Å². The van der Waals surface area contributed by atoms with Crippen molar-refractivity contribution in [3.8, 4) is 0 Å². The summed E-state index contributed by atoms with van der Waals surface area (Å²) in [6.07, 6.45) is 3.73. The Kier molecular flexibility index (Phi) is 18.5. The fraction of sp³-hybridized carbons (Fsp3) is 0.792. The Balaban J connectivity index is 5.60. The van der Waals surface area contributed by atoms with E-state index in [-0.39, 0.29) is 37.7 Å². The van der Waals surface area contributed by atoms with Gasteiger partial charge < -0.3 is 49.7 Å². The van der Waals surface area contributed by atoms with E-state index in [1.165, 1.54) is 0 Å². The standard InChI is InChI=1S/C24H49N9O5/c1-15(2)14-16(27)20(34)31-18(10-7-13-30-24(28)29)21(35)32-17(8-3-5-11-25)22(36)33-19(23(37)38)9-4-6-12-26/h15-19H,3-14,25-27H2,1-2H3,(H,31,34)(H,32,35)(H,33,36)(H,37,38)(H4,28,29,30). The molecule has 0 aromatic rings. The van der Waals surface area contributed by atoms with Gasteiger partial charge in [-0.15, -0.1) is 0 Å². The van der Waals surface area contributed by atoms with Gasteiger partial charge in [0.25, 0.3) is 0 Å². The van der Waals surface area contributed by atoms with Crippen LogP contribution in [0.5, 0.6) is 0 Å². The Morgan fingerprint density at radius 3 is 1.63 bits per heavy atom. The zero-order valence-corrected chi connectivity index (χ0v) is 22.8. The fourth-order valence-corrected chi connectivity index (χ4v) is 3.72. The number of hydrogen-bond donors (Lipinski definition) is 9. The van der Waals surface area contributed by atoms with Gasteiger partial charge in [-0.05, 0) is 76.8 Å². The first-order valence-corrected chi connectivity index (χ1v) is 13.3. The minimum absolute atomic E-state index is 0.0925. The van der Waals surface area contributed by atoms with Crippen LogP contribution in [-0.4, -0.2) is 78.6 Å². The predicted molar refractivity (Wildman–Crippen MR) is 147 cm³/mol. The predicted octanol–water partition coefficient (Wildman–Crippen LogP) is -1.79. The zero-order valence-electron chi connectivity index (χ0n) is 22.8.